The van der Waals surface area contributed by atoms with Gasteiger partial charge in [-0.2, -0.15) is 5.26 Å². The average molecular weight is 426 g/mol. The van der Waals surface area contributed by atoms with E-state index in [-0.39, 0.29) is 5.57 Å². The maximum Gasteiger partial charge on any atom is 0.343 e. The van der Waals surface area contributed by atoms with E-state index >= 15 is 0 Å². The molecular formula is C26H22N2O4. The Kier molecular flexibility index (Phi) is 7.04. The van der Waals surface area contributed by atoms with Crippen molar-refractivity contribution >= 4 is 23.6 Å². The van der Waals surface area contributed by atoms with Gasteiger partial charge >= 0.3 is 5.97 Å². The van der Waals surface area contributed by atoms with Crippen molar-refractivity contribution in [3.63, 3.8) is 0 Å². The zero-order valence-electron chi connectivity index (χ0n) is 18.0. The van der Waals surface area contributed by atoms with Gasteiger partial charge in [-0.05, 0) is 79.1 Å². The van der Waals surface area contributed by atoms with Crippen molar-refractivity contribution in [1.29, 1.82) is 5.26 Å². The Balaban J connectivity index is 1.69. The number of aryl methyl sites for hydroxylation is 2. The van der Waals surface area contributed by atoms with Crippen LogP contribution in [0.3, 0.4) is 0 Å². The molecule has 0 aliphatic heterocycles. The highest BCUT2D eigenvalue weighted by molar-refractivity contribution is 6.10. The van der Waals surface area contributed by atoms with Crippen LogP contribution in [0.4, 0.5) is 5.69 Å². The first kappa shape index (κ1) is 22.3. The highest BCUT2D eigenvalue weighted by atomic mass is 16.5. The van der Waals surface area contributed by atoms with Gasteiger partial charge in [-0.25, -0.2) is 4.79 Å². The highest BCUT2D eigenvalue weighted by Crippen LogP contribution is 2.20. The van der Waals surface area contributed by atoms with E-state index in [9.17, 15) is 14.9 Å². The van der Waals surface area contributed by atoms with Crippen molar-refractivity contribution in [1.82, 2.24) is 0 Å². The minimum absolute atomic E-state index is 0.0334. The summed E-state index contributed by atoms with van der Waals surface area (Å²) in [5.41, 5.74) is 3.56. The summed E-state index contributed by atoms with van der Waals surface area (Å²) in [6.07, 6.45) is 1.48. The summed E-state index contributed by atoms with van der Waals surface area (Å²) in [5.74, 6) is 0.00617. The molecule has 160 valence electrons. The van der Waals surface area contributed by atoms with E-state index in [1.54, 1.807) is 55.6 Å². The number of hydrogen-bond acceptors (Lipinski definition) is 5. The molecule has 0 bridgehead atoms. The van der Waals surface area contributed by atoms with Gasteiger partial charge in [0, 0.05) is 5.69 Å². The first-order chi connectivity index (χ1) is 15.4. The second kappa shape index (κ2) is 10.1. The molecule has 0 radical (unpaired) electrons. The second-order valence-electron chi connectivity index (χ2n) is 7.13. The summed E-state index contributed by atoms with van der Waals surface area (Å²) in [6.45, 7) is 3.82. The number of nitrogens with one attached hydrogen (secondary N) is 1. The lowest BCUT2D eigenvalue weighted by Crippen LogP contribution is -2.14. The summed E-state index contributed by atoms with van der Waals surface area (Å²) in [7, 11) is 1.55. The molecule has 0 aliphatic carbocycles. The van der Waals surface area contributed by atoms with Gasteiger partial charge in [0.1, 0.15) is 23.1 Å². The van der Waals surface area contributed by atoms with E-state index in [4.69, 9.17) is 9.47 Å². The van der Waals surface area contributed by atoms with Gasteiger partial charge in [-0.3, -0.25) is 4.79 Å². The van der Waals surface area contributed by atoms with Crippen molar-refractivity contribution in [2.24, 2.45) is 0 Å². The zero-order valence-corrected chi connectivity index (χ0v) is 18.0. The van der Waals surface area contributed by atoms with E-state index < -0.39 is 11.9 Å². The number of esters is 1. The molecule has 0 fully saturated rings. The van der Waals surface area contributed by atoms with Crippen LogP contribution >= 0.6 is 0 Å². The Bertz CT molecular complexity index is 1200. The molecule has 0 atom stereocenters. The number of anilines is 1. The molecule has 0 spiro atoms. The minimum Gasteiger partial charge on any atom is -0.497 e. The number of nitrogens with zero attached hydrogens (tertiary/aromatic N) is 1. The molecule has 0 heterocycles. The number of rotatable bonds is 6. The average Bonchev–Trinajstić information content (AvgIpc) is 2.80. The standard InChI is InChI=1S/C26H22N2O4/c1-17-4-5-18(2)24(14-17)28-25(29)21(16-27)15-19-6-10-23(11-7-19)32-26(30)20-8-12-22(31-3)13-9-20/h4-15H,1-3H3,(H,28,29)/b21-15-. The minimum atomic E-state index is -0.499. The maximum atomic E-state index is 12.5. The first-order valence-corrected chi connectivity index (χ1v) is 9.86. The van der Waals surface area contributed by atoms with Gasteiger partial charge in [-0.1, -0.05) is 24.3 Å². The largest absolute Gasteiger partial charge is 0.497 e. The van der Waals surface area contributed by atoms with Crippen molar-refractivity contribution in [2.75, 3.05) is 12.4 Å². The fraction of sp³-hybridized carbons (Fsp3) is 0.115. The number of nitriles is 1. The van der Waals surface area contributed by atoms with Crippen molar-refractivity contribution in [3.8, 4) is 17.6 Å². The van der Waals surface area contributed by atoms with Crippen LogP contribution in [0.1, 0.15) is 27.0 Å². The van der Waals surface area contributed by atoms with E-state index in [0.29, 0.717) is 28.3 Å². The molecule has 3 rings (SSSR count). The zero-order chi connectivity index (χ0) is 23.1. The fourth-order valence-corrected chi connectivity index (χ4v) is 2.90. The number of carbonyl (C=O) groups is 2. The van der Waals surface area contributed by atoms with Crippen LogP contribution in [0.15, 0.2) is 72.3 Å². The summed E-state index contributed by atoms with van der Waals surface area (Å²) < 4.78 is 10.4. The van der Waals surface area contributed by atoms with Gasteiger partial charge in [0.2, 0.25) is 0 Å². The highest BCUT2D eigenvalue weighted by Gasteiger charge is 2.12. The Labute approximate surface area is 186 Å². The molecule has 0 aliphatic rings. The maximum absolute atomic E-state index is 12.5. The number of hydrogen-bond donors (Lipinski definition) is 1. The molecular weight excluding hydrogens is 404 g/mol. The van der Waals surface area contributed by atoms with Crippen LogP contribution in [0, 0.1) is 25.2 Å². The lowest BCUT2D eigenvalue weighted by molar-refractivity contribution is -0.112. The van der Waals surface area contributed by atoms with Gasteiger partial charge in [0.05, 0.1) is 12.7 Å². The third kappa shape index (κ3) is 5.61. The summed E-state index contributed by atoms with van der Waals surface area (Å²) in [6, 6.07) is 20.8. The Morgan fingerprint density at radius 1 is 0.938 bits per heavy atom. The number of amides is 1. The normalized spacial score (nSPS) is 10.8. The second-order valence-corrected chi connectivity index (χ2v) is 7.13. The van der Waals surface area contributed by atoms with E-state index in [2.05, 4.69) is 5.32 Å². The molecule has 0 saturated heterocycles. The summed E-state index contributed by atoms with van der Waals surface area (Å²) in [4.78, 5) is 24.8. The lowest BCUT2D eigenvalue weighted by Gasteiger charge is -2.09. The number of ether oxygens (including phenoxy) is 2. The number of methoxy groups -OCH3 is 1. The molecule has 6 nitrogen and oxygen atoms in total. The molecule has 0 saturated carbocycles. The monoisotopic (exact) mass is 426 g/mol. The molecule has 6 heteroatoms. The van der Waals surface area contributed by atoms with Crippen LogP contribution < -0.4 is 14.8 Å². The SMILES string of the molecule is COc1ccc(C(=O)Oc2ccc(/C=C(/C#N)C(=O)Nc3cc(C)ccc3C)cc2)cc1. The number of carbonyl (C=O) groups excluding carboxylic acids is 2. The van der Waals surface area contributed by atoms with Crippen LogP contribution in [0.5, 0.6) is 11.5 Å². The predicted molar refractivity (Wildman–Crippen MR) is 123 cm³/mol. The molecule has 0 unspecified atom stereocenters. The Hall–Kier alpha value is -4.37. The molecule has 1 N–H and O–H groups in total. The molecule has 0 aromatic heterocycles. The van der Waals surface area contributed by atoms with Gasteiger partial charge < -0.3 is 14.8 Å². The van der Waals surface area contributed by atoms with E-state index in [0.717, 1.165) is 11.1 Å². The summed E-state index contributed by atoms with van der Waals surface area (Å²) in [5, 5.41) is 12.2. The molecule has 3 aromatic carbocycles. The van der Waals surface area contributed by atoms with Gasteiger partial charge in [0.25, 0.3) is 5.91 Å². The Morgan fingerprint density at radius 2 is 1.59 bits per heavy atom. The van der Waals surface area contributed by atoms with Crippen LogP contribution in [0.2, 0.25) is 0 Å². The lowest BCUT2D eigenvalue weighted by atomic mass is 10.1. The van der Waals surface area contributed by atoms with Crippen LogP contribution in [-0.2, 0) is 4.79 Å². The van der Waals surface area contributed by atoms with Crippen molar-refractivity contribution < 1.29 is 19.1 Å². The summed E-state index contributed by atoms with van der Waals surface area (Å²) >= 11 is 0. The molecule has 32 heavy (non-hydrogen) atoms. The third-order valence-electron chi connectivity index (χ3n) is 4.73. The van der Waals surface area contributed by atoms with Crippen molar-refractivity contribution in [3.05, 3.63) is 94.6 Å². The Morgan fingerprint density at radius 3 is 2.22 bits per heavy atom. The van der Waals surface area contributed by atoms with Crippen LogP contribution in [-0.4, -0.2) is 19.0 Å². The van der Waals surface area contributed by atoms with E-state index in [1.807, 2.05) is 38.1 Å². The predicted octanol–water partition coefficient (Wildman–Crippen LogP) is 5.08. The fourth-order valence-electron chi connectivity index (χ4n) is 2.90. The topological polar surface area (TPSA) is 88.4 Å². The smallest absolute Gasteiger partial charge is 0.343 e. The first-order valence-electron chi connectivity index (χ1n) is 9.86. The van der Waals surface area contributed by atoms with Gasteiger partial charge in [-0.15, -0.1) is 0 Å². The third-order valence-corrected chi connectivity index (χ3v) is 4.73. The van der Waals surface area contributed by atoms with Crippen LogP contribution in [0.25, 0.3) is 6.08 Å². The molecule has 3 aromatic rings. The van der Waals surface area contributed by atoms with Gasteiger partial charge in [0.15, 0.2) is 0 Å². The van der Waals surface area contributed by atoms with E-state index in [1.165, 1.54) is 6.08 Å². The molecule has 1 amide bonds. The van der Waals surface area contributed by atoms with Crippen molar-refractivity contribution in [2.45, 2.75) is 13.8 Å². The number of benzene rings is 3. The quantitative estimate of drug-likeness (QED) is 0.257.